The van der Waals surface area contributed by atoms with Gasteiger partial charge in [0, 0.05) is 55.2 Å². The molecule has 2 aromatic carbocycles. The first-order valence-electron chi connectivity index (χ1n) is 15.1. The first-order chi connectivity index (χ1) is 22.2. The number of benzene rings is 2. The fraction of sp³-hybridized carbons (Fsp3) is 0.355. The molecule has 0 N–H and O–H groups in total. The number of imidazole rings is 2. The van der Waals surface area contributed by atoms with Crippen molar-refractivity contribution in [1.29, 1.82) is 0 Å². The number of rotatable bonds is 9. The van der Waals surface area contributed by atoms with Crippen molar-refractivity contribution in [2.75, 3.05) is 11.5 Å². The maximum Gasteiger partial charge on any atom is 1.00 e. The Bertz CT molecular complexity index is 2520. The van der Waals surface area contributed by atoms with Crippen LogP contribution in [0.15, 0.2) is 49.1 Å². The Balaban J connectivity index is 0.000000214. The first kappa shape index (κ1) is 39.4. The summed E-state index contributed by atoms with van der Waals surface area (Å²) in [5.41, 5.74) is 7.61. The summed E-state index contributed by atoms with van der Waals surface area (Å²) < 4.78 is 72.7. The fourth-order valence-corrected chi connectivity index (χ4v) is 7.24. The summed E-state index contributed by atoms with van der Waals surface area (Å²) in [4.78, 5) is 17.6. The number of nitrogens with zero attached hydrogens (tertiary/aromatic N) is 8. The monoisotopic (exact) mass is 724 g/mol. The zero-order valence-electron chi connectivity index (χ0n) is 28.4. The summed E-state index contributed by atoms with van der Waals surface area (Å²) >= 11 is 0. The van der Waals surface area contributed by atoms with Gasteiger partial charge >= 0.3 is 59.1 Å². The molecule has 5 heterocycles. The van der Waals surface area contributed by atoms with E-state index >= 15 is 0 Å². The molecule has 0 fully saturated rings. The number of aromatic nitrogens is 8. The smallest absolute Gasteiger partial charge is 0.748 e. The predicted molar refractivity (Wildman–Crippen MR) is 178 cm³/mol. The third-order valence-electron chi connectivity index (χ3n) is 8.44. The van der Waals surface area contributed by atoms with Crippen molar-refractivity contribution in [3.8, 4) is 0 Å². The molecule has 0 radical (unpaired) electrons. The van der Waals surface area contributed by atoms with Gasteiger partial charge in [0.1, 0.15) is 18.0 Å². The molecule has 0 spiro atoms. The maximum absolute atomic E-state index is 10.8. The van der Waals surface area contributed by atoms with Crippen LogP contribution >= 0.6 is 0 Å². The third kappa shape index (κ3) is 8.41. The fourth-order valence-electron chi connectivity index (χ4n) is 6.27. The third-order valence-corrected chi connectivity index (χ3v) is 10.0. The van der Waals surface area contributed by atoms with Crippen LogP contribution in [0.1, 0.15) is 31.4 Å². The molecule has 7 aromatic rings. The molecule has 0 amide bonds. The van der Waals surface area contributed by atoms with Gasteiger partial charge in [-0.25, -0.2) is 36.8 Å². The van der Waals surface area contributed by atoms with Crippen LogP contribution in [0.5, 0.6) is 0 Å². The molecular weight excluding hydrogens is 691 g/mol. The van der Waals surface area contributed by atoms with E-state index in [0.29, 0.717) is 19.5 Å². The van der Waals surface area contributed by atoms with Crippen molar-refractivity contribution in [2.24, 2.45) is 7.05 Å². The molecule has 0 atom stereocenters. The van der Waals surface area contributed by atoms with Gasteiger partial charge in [0.15, 0.2) is 0 Å². The molecule has 18 heteroatoms. The van der Waals surface area contributed by atoms with Gasteiger partial charge < -0.3 is 27.4 Å². The second kappa shape index (κ2) is 15.5. The molecule has 0 aliphatic rings. The van der Waals surface area contributed by atoms with Gasteiger partial charge in [-0.3, -0.25) is 0 Å². The standard InChI is InChI=1S/C16H17N5O3S.C15H19N3O3S.2Na/c1-10-19-12-6-11-13(20(2)15-8-17-9-18-16(11)15)7-14(12)21(10)4-3-5-25(22,23)24;1-3-18-11(2)16-13-9-12-5-7-17(14(12)10-15(13)18)6-4-8-22(19,20)21;;/h6-9H,3-5H2,1-2H3,(H,22,23,24);5,7,9-10H,3-4,6,8H2,1-2H3,(H,19,20,21);;/q;;2*+1/p-2. The van der Waals surface area contributed by atoms with Crippen LogP contribution in [-0.2, 0) is 46.9 Å². The van der Waals surface area contributed by atoms with Crippen molar-refractivity contribution < 1.29 is 85.1 Å². The molecule has 5 aromatic heterocycles. The van der Waals surface area contributed by atoms with E-state index in [1.54, 1.807) is 6.20 Å². The topological polar surface area (TPSA) is 186 Å². The van der Waals surface area contributed by atoms with Gasteiger partial charge in [0.25, 0.3) is 0 Å². The Morgan fingerprint density at radius 1 is 0.755 bits per heavy atom. The van der Waals surface area contributed by atoms with E-state index in [9.17, 15) is 25.9 Å². The predicted octanol–water partition coefficient (Wildman–Crippen LogP) is -2.02. The number of fused-ring (bicyclic) bond motifs is 6. The maximum atomic E-state index is 10.8. The number of hydrogen-bond acceptors (Lipinski definition) is 10. The summed E-state index contributed by atoms with van der Waals surface area (Å²) in [5, 5.41) is 2.07. The minimum absolute atomic E-state index is 0. The minimum atomic E-state index is -4.21. The van der Waals surface area contributed by atoms with E-state index < -0.39 is 20.2 Å². The van der Waals surface area contributed by atoms with Gasteiger partial charge in [-0.15, -0.1) is 0 Å². The molecule has 0 aliphatic heterocycles. The number of hydrogen-bond donors (Lipinski definition) is 0. The van der Waals surface area contributed by atoms with E-state index in [1.165, 1.54) is 6.33 Å². The molecule has 7 rings (SSSR count). The Morgan fingerprint density at radius 2 is 1.35 bits per heavy atom. The summed E-state index contributed by atoms with van der Waals surface area (Å²) in [5.74, 6) is 1.06. The van der Waals surface area contributed by atoms with Crippen molar-refractivity contribution >= 4 is 75.1 Å². The molecule has 0 saturated heterocycles. The average Bonchev–Trinajstić information content (AvgIpc) is 3.71. The van der Waals surface area contributed by atoms with Crippen LogP contribution in [-0.4, -0.2) is 75.7 Å². The molecule has 49 heavy (non-hydrogen) atoms. The van der Waals surface area contributed by atoms with Crippen LogP contribution < -0.4 is 59.1 Å². The minimum Gasteiger partial charge on any atom is -0.748 e. The van der Waals surface area contributed by atoms with Crippen molar-refractivity contribution in [2.45, 2.75) is 53.2 Å². The van der Waals surface area contributed by atoms with Gasteiger partial charge in [-0.2, -0.15) is 0 Å². The van der Waals surface area contributed by atoms with Gasteiger partial charge in [-0.1, -0.05) is 0 Å². The molecule has 0 bridgehead atoms. The molecule has 0 unspecified atom stereocenters. The van der Waals surface area contributed by atoms with Crippen LogP contribution in [0, 0.1) is 13.8 Å². The molecule has 0 saturated carbocycles. The Labute approximate surface area is 328 Å². The summed E-state index contributed by atoms with van der Waals surface area (Å²) in [6.07, 6.45) is 5.80. The second-order valence-electron chi connectivity index (χ2n) is 11.5. The molecular formula is C31H34N8Na2O6S2. The van der Waals surface area contributed by atoms with Gasteiger partial charge in [-0.05, 0) is 63.9 Å². The van der Waals surface area contributed by atoms with Crippen molar-refractivity contribution in [1.82, 2.24) is 38.2 Å². The van der Waals surface area contributed by atoms with E-state index in [1.807, 2.05) is 65.1 Å². The van der Waals surface area contributed by atoms with Crippen molar-refractivity contribution in [3.05, 3.63) is 60.7 Å². The van der Waals surface area contributed by atoms with E-state index in [0.717, 1.165) is 73.1 Å². The van der Waals surface area contributed by atoms with E-state index in [-0.39, 0.29) is 77.0 Å². The Hall–Kier alpha value is -2.38. The van der Waals surface area contributed by atoms with Gasteiger partial charge in [0.05, 0.1) is 70.6 Å². The zero-order chi connectivity index (χ0) is 33.7. The van der Waals surface area contributed by atoms with Crippen molar-refractivity contribution in [3.63, 3.8) is 0 Å². The van der Waals surface area contributed by atoms with Gasteiger partial charge in [0.2, 0.25) is 0 Å². The van der Waals surface area contributed by atoms with Crippen LogP contribution in [0.2, 0.25) is 0 Å². The van der Waals surface area contributed by atoms with Crippen LogP contribution in [0.3, 0.4) is 0 Å². The summed E-state index contributed by atoms with van der Waals surface area (Å²) in [6.45, 7) is 7.73. The first-order valence-corrected chi connectivity index (χ1v) is 18.3. The van der Waals surface area contributed by atoms with E-state index in [4.69, 9.17) is 0 Å². The Morgan fingerprint density at radius 3 is 2.00 bits per heavy atom. The average molecular weight is 725 g/mol. The van der Waals surface area contributed by atoms with Crippen LogP contribution in [0.25, 0.3) is 54.9 Å². The second-order valence-corrected chi connectivity index (χ2v) is 14.6. The van der Waals surface area contributed by atoms with E-state index in [2.05, 4.69) is 37.5 Å². The SMILES string of the molecule is CCn1c(C)nc2cc3ccn(CCCS(=O)(=O)[O-])c3cc21.Cc1nc2cc3c4ncncc4n(C)c3cc2n1CCCS(=O)(=O)[O-].[Na+].[Na+]. The normalized spacial score (nSPS) is 12.0. The Kier molecular flexibility index (Phi) is 12.4. The quantitative estimate of drug-likeness (QED) is 0.119. The molecule has 0 aliphatic carbocycles. The largest absolute Gasteiger partial charge is 1.00 e. The summed E-state index contributed by atoms with van der Waals surface area (Å²) in [6, 6.07) is 10.1. The summed E-state index contributed by atoms with van der Waals surface area (Å²) in [7, 11) is -6.40. The molecule has 14 nitrogen and oxygen atoms in total. The number of aryl methyl sites for hydroxylation is 6. The molecule has 248 valence electrons. The zero-order valence-corrected chi connectivity index (χ0v) is 34.0. The van der Waals surface area contributed by atoms with Crippen LogP contribution in [0.4, 0.5) is 0 Å².